The summed E-state index contributed by atoms with van der Waals surface area (Å²) < 4.78 is 0. The lowest BCUT2D eigenvalue weighted by molar-refractivity contribution is 0.329. The van der Waals surface area contributed by atoms with Crippen LogP contribution in [0.15, 0.2) is 12.2 Å². The molecule has 0 aliphatic heterocycles. The molecule has 0 aromatic carbocycles. The first-order chi connectivity index (χ1) is 2.91. The Morgan fingerprint density at radius 2 is 1.29 bits per heavy atom. The average molecular weight is 116 g/mol. The molecule has 0 saturated heterocycles. The van der Waals surface area contributed by atoms with Gasteiger partial charge in [0.25, 0.3) is 0 Å². The largest absolute Gasteiger partial charge is 0.392 e. The number of rotatable bonds is 2. The Morgan fingerprint density at radius 3 is 1.43 bits per heavy atom. The van der Waals surface area contributed by atoms with Crippen LogP contribution in [0.2, 0.25) is 0 Å². The van der Waals surface area contributed by atoms with Crippen molar-refractivity contribution in [3.8, 4) is 0 Å². The first-order valence-electron chi connectivity index (χ1n) is 1.78. The number of hydrogen-bond donors (Lipinski definition) is 2. The molecule has 0 aromatic heterocycles. The number of aliphatic hydroxyl groups is 2. The zero-order valence-corrected chi connectivity index (χ0v) is 4.96. The van der Waals surface area contributed by atoms with Crippen molar-refractivity contribution < 1.29 is 10.2 Å². The molecule has 7 heavy (non-hydrogen) atoms. The Balaban J connectivity index is 0. The quantitative estimate of drug-likeness (QED) is 0.364. The molecule has 4 radical (unpaired) electrons. The molecule has 0 fully saturated rings. The molecule has 0 aliphatic carbocycles. The van der Waals surface area contributed by atoms with E-state index in [0.717, 1.165) is 0 Å². The molecule has 0 aliphatic rings. The molecule has 0 spiro atoms. The van der Waals surface area contributed by atoms with Crippen molar-refractivity contribution >= 4 is 11.0 Å². The summed E-state index contributed by atoms with van der Waals surface area (Å²) in [5.74, 6) is 0. The summed E-state index contributed by atoms with van der Waals surface area (Å²) in [5.41, 5.74) is 0. The lowest BCUT2D eigenvalue weighted by Crippen LogP contribution is -1.74. The van der Waals surface area contributed by atoms with Gasteiger partial charge in [-0.1, -0.05) is 12.2 Å². The van der Waals surface area contributed by atoms with Crippen molar-refractivity contribution in [2.75, 3.05) is 13.2 Å². The first kappa shape index (κ1) is 9.99. The van der Waals surface area contributed by atoms with Gasteiger partial charge in [0.05, 0.1) is 13.2 Å². The molecule has 0 aromatic rings. The summed E-state index contributed by atoms with van der Waals surface area (Å²) in [6.45, 7) is 0.0289. The summed E-state index contributed by atoms with van der Waals surface area (Å²) in [6.07, 6.45) is 2.97. The van der Waals surface area contributed by atoms with Crippen LogP contribution in [0.4, 0.5) is 0 Å². The predicted molar refractivity (Wildman–Crippen MR) is 29.1 cm³/mol. The van der Waals surface area contributed by atoms with E-state index in [-0.39, 0.29) is 24.2 Å². The maximum absolute atomic E-state index is 8.00. The Kier molecular flexibility index (Phi) is 13.3. The van der Waals surface area contributed by atoms with Crippen molar-refractivity contribution in [2.24, 2.45) is 0 Å². The lowest BCUT2D eigenvalue weighted by Gasteiger charge is -1.73. The summed E-state index contributed by atoms with van der Waals surface area (Å²) in [7, 11) is 0. The van der Waals surface area contributed by atoms with E-state index in [2.05, 4.69) is 0 Å². The van der Waals surface area contributed by atoms with Crippen LogP contribution in [-0.4, -0.2) is 34.4 Å². The van der Waals surface area contributed by atoms with E-state index in [1.807, 2.05) is 0 Å². The maximum Gasteiger partial charge on any atom is 0.0613 e. The monoisotopic (exact) mass is 116 g/mol. The molecule has 0 unspecified atom stereocenters. The fourth-order valence-corrected chi connectivity index (χ4v) is 0.149. The van der Waals surface area contributed by atoms with E-state index in [1.54, 1.807) is 0 Å². The van der Waals surface area contributed by atoms with Crippen molar-refractivity contribution in [2.45, 2.75) is 0 Å². The highest BCUT2D eigenvalue weighted by Gasteiger charge is 1.61. The first-order valence-corrected chi connectivity index (χ1v) is 1.78. The fraction of sp³-hybridized carbons (Fsp3) is 0.500. The Morgan fingerprint density at radius 1 is 1.00 bits per heavy atom. The van der Waals surface area contributed by atoms with Gasteiger partial charge in [0.15, 0.2) is 0 Å². The molecule has 0 rings (SSSR count). The van der Waals surface area contributed by atoms with E-state index in [4.69, 9.17) is 10.2 Å². The fourth-order valence-electron chi connectivity index (χ4n) is 0.149. The summed E-state index contributed by atoms with van der Waals surface area (Å²) in [5, 5.41) is 16.0. The third kappa shape index (κ3) is 10.7. The highest BCUT2D eigenvalue weighted by molar-refractivity contribution is 5.75. The van der Waals surface area contributed by atoms with Gasteiger partial charge in [-0.3, -0.25) is 0 Å². The minimum Gasteiger partial charge on any atom is -0.392 e. The van der Waals surface area contributed by atoms with E-state index < -0.39 is 0 Å². The highest BCUT2D eigenvalue weighted by atomic mass is 28.1. The molecular weight excluding hydrogens is 108 g/mol. The van der Waals surface area contributed by atoms with Gasteiger partial charge in [0.2, 0.25) is 0 Å². The smallest absolute Gasteiger partial charge is 0.0613 e. The average Bonchev–Trinajstić information content (AvgIpc) is 1.61. The maximum atomic E-state index is 8.00. The van der Waals surface area contributed by atoms with Crippen LogP contribution in [0.25, 0.3) is 0 Å². The van der Waals surface area contributed by atoms with Gasteiger partial charge in [0, 0.05) is 11.0 Å². The van der Waals surface area contributed by atoms with Crippen LogP contribution in [0.5, 0.6) is 0 Å². The van der Waals surface area contributed by atoms with Gasteiger partial charge in [-0.15, -0.1) is 0 Å². The van der Waals surface area contributed by atoms with Crippen LogP contribution >= 0.6 is 0 Å². The molecular formula is C4H8O2Si. The molecule has 0 amide bonds. The van der Waals surface area contributed by atoms with Crippen LogP contribution in [-0.2, 0) is 0 Å². The van der Waals surface area contributed by atoms with Gasteiger partial charge >= 0.3 is 0 Å². The van der Waals surface area contributed by atoms with E-state index in [9.17, 15) is 0 Å². The molecule has 0 atom stereocenters. The van der Waals surface area contributed by atoms with Gasteiger partial charge < -0.3 is 10.2 Å². The van der Waals surface area contributed by atoms with Gasteiger partial charge in [-0.05, 0) is 0 Å². The molecule has 0 saturated carbocycles. The second kappa shape index (κ2) is 9.30. The number of hydrogen-bond acceptors (Lipinski definition) is 2. The normalized spacial score (nSPS) is 8.86. The molecule has 2 nitrogen and oxygen atoms in total. The van der Waals surface area contributed by atoms with Crippen molar-refractivity contribution in [1.29, 1.82) is 0 Å². The van der Waals surface area contributed by atoms with Crippen LogP contribution in [0.3, 0.4) is 0 Å². The van der Waals surface area contributed by atoms with Crippen LogP contribution in [0, 0.1) is 0 Å². The second-order valence-electron chi connectivity index (χ2n) is 0.837. The zero-order valence-electron chi connectivity index (χ0n) is 3.96. The molecule has 2 N–H and O–H groups in total. The lowest BCUT2D eigenvalue weighted by atomic mass is 10.5. The summed E-state index contributed by atoms with van der Waals surface area (Å²) in [4.78, 5) is 0. The Bertz CT molecular complexity index is 39.0. The van der Waals surface area contributed by atoms with Gasteiger partial charge in [0.1, 0.15) is 0 Å². The van der Waals surface area contributed by atoms with E-state index in [1.165, 1.54) is 12.2 Å². The molecule has 40 valence electrons. The summed E-state index contributed by atoms with van der Waals surface area (Å²) >= 11 is 0. The van der Waals surface area contributed by atoms with Crippen molar-refractivity contribution in [3.05, 3.63) is 12.2 Å². The third-order valence-electron chi connectivity index (χ3n) is 0.377. The molecule has 0 bridgehead atoms. The second-order valence-corrected chi connectivity index (χ2v) is 0.837. The zero-order chi connectivity index (χ0) is 4.83. The van der Waals surface area contributed by atoms with Crippen LogP contribution in [0.1, 0.15) is 0 Å². The molecule has 3 heteroatoms. The van der Waals surface area contributed by atoms with Crippen molar-refractivity contribution in [3.63, 3.8) is 0 Å². The highest BCUT2D eigenvalue weighted by Crippen LogP contribution is 1.63. The number of aliphatic hydroxyl groups excluding tert-OH is 2. The van der Waals surface area contributed by atoms with E-state index >= 15 is 0 Å². The Hall–Kier alpha value is -0.123. The van der Waals surface area contributed by atoms with Crippen molar-refractivity contribution in [1.82, 2.24) is 0 Å². The predicted octanol–water partition coefficient (Wildman–Crippen LogP) is -0.854. The van der Waals surface area contributed by atoms with Crippen LogP contribution < -0.4 is 0 Å². The molecule has 0 heterocycles. The van der Waals surface area contributed by atoms with Gasteiger partial charge in [-0.25, -0.2) is 0 Å². The van der Waals surface area contributed by atoms with E-state index in [0.29, 0.717) is 0 Å². The SMILES string of the molecule is OCC=CCO.[Si]. The Labute approximate surface area is 47.5 Å². The topological polar surface area (TPSA) is 40.5 Å². The van der Waals surface area contributed by atoms with Gasteiger partial charge in [-0.2, -0.15) is 0 Å². The minimum absolute atomic E-state index is 0. The third-order valence-corrected chi connectivity index (χ3v) is 0.377. The summed E-state index contributed by atoms with van der Waals surface area (Å²) in [6, 6.07) is 0. The standard InChI is InChI=1S/C4H8O2.Si/c5-3-1-2-4-6;/h1-2,5-6H,3-4H2;. The minimum atomic E-state index is 0.